The fraction of sp³-hybridized carbons (Fsp3) is 0.545. The third-order valence-corrected chi connectivity index (χ3v) is 2.94. The SMILES string of the molecule is Cc1cc(N)nc(N2CCC(F)(F)CC2)c1F. The number of hydrogen-bond donors (Lipinski definition) is 1. The van der Waals surface area contributed by atoms with Crippen molar-refractivity contribution in [3.8, 4) is 0 Å². The first kappa shape index (κ1) is 12.0. The quantitative estimate of drug-likeness (QED) is 0.825. The molecule has 0 spiro atoms. The molecule has 0 bridgehead atoms. The molecular weight excluding hydrogens is 231 g/mol. The zero-order valence-electron chi connectivity index (χ0n) is 9.51. The molecule has 1 aromatic rings. The van der Waals surface area contributed by atoms with E-state index in [4.69, 9.17) is 5.73 Å². The van der Waals surface area contributed by atoms with Crippen LogP contribution in [-0.4, -0.2) is 24.0 Å². The molecule has 1 saturated heterocycles. The van der Waals surface area contributed by atoms with E-state index >= 15 is 0 Å². The molecule has 0 aromatic carbocycles. The zero-order valence-corrected chi connectivity index (χ0v) is 9.51. The minimum absolute atomic E-state index is 0.0815. The van der Waals surface area contributed by atoms with E-state index in [-0.39, 0.29) is 37.6 Å². The van der Waals surface area contributed by atoms with Crippen LogP contribution in [0, 0.1) is 12.7 Å². The van der Waals surface area contributed by atoms with E-state index in [9.17, 15) is 13.2 Å². The van der Waals surface area contributed by atoms with Crippen molar-refractivity contribution in [2.75, 3.05) is 23.7 Å². The Balaban J connectivity index is 2.24. The molecule has 6 heteroatoms. The first-order chi connectivity index (χ1) is 7.89. The summed E-state index contributed by atoms with van der Waals surface area (Å²) in [6, 6.07) is 1.43. The van der Waals surface area contributed by atoms with Gasteiger partial charge in [-0.3, -0.25) is 0 Å². The first-order valence-corrected chi connectivity index (χ1v) is 5.44. The van der Waals surface area contributed by atoms with E-state index in [1.54, 1.807) is 6.92 Å². The molecule has 0 aliphatic carbocycles. The molecular formula is C11H14F3N3. The summed E-state index contributed by atoms with van der Waals surface area (Å²) < 4.78 is 39.8. The normalized spacial score (nSPS) is 19.4. The van der Waals surface area contributed by atoms with Crippen molar-refractivity contribution in [3.63, 3.8) is 0 Å². The van der Waals surface area contributed by atoms with E-state index in [2.05, 4.69) is 4.98 Å². The van der Waals surface area contributed by atoms with Gasteiger partial charge in [0.1, 0.15) is 5.82 Å². The molecule has 0 radical (unpaired) electrons. The number of nitrogens with two attached hydrogens (primary N) is 1. The Morgan fingerprint density at radius 3 is 2.53 bits per heavy atom. The average molecular weight is 245 g/mol. The third kappa shape index (κ3) is 2.45. The molecule has 2 heterocycles. The van der Waals surface area contributed by atoms with Gasteiger partial charge >= 0.3 is 0 Å². The number of pyridine rings is 1. The minimum atomic E-state index is -2.65. The van der Waals surface area contributed by atoms with Gasteiger partial charge in [0.15, 0.2) is 11.6 Å². The summed E-state index contributed by atoms with van der Waals surface area (Å²) in [7, 11) is 0. The first-order valence-electron chi connectivity index (χ1n) is 5.44. The van der Waals surface area contributed by atoms with Gasteiger partial charge in [0.05, 0.1) is 0 Å². The summed E-state index contributed by atoms with van der Waals surface area (Å²) in [5, 5.41) is 0. The summed E-state index contributed by atoms with van der Waals surface area (Å²) >= 11 is 0. The Kier molecular flexibility index (Phi) is 2.89. The van der Waals surface area contributed by atoms with Gasteiger partial charge in [0.25, 0.3) is 5.92 Å². The van der Waals surface area contributed by atoms with Crippen LogP contribution in [0.5, 0.6) is 0 Å². The van der Waals surface area contributed by atoms with Crippen LogP contribution in [0.2, 0.25) is 0 Å². The van der Waals surface area contributed by atoms with Gasteiger partial charge in [-0.25, -0.2) is 18.2 Å². The van der Waals surface area contributed by atoms with Crippen molar-refractivity contribution in [2.45, 2.75) is 25.7 Å². The van der Waals surface area contributed by atoms with Gasteiger partial charge in [0, 0.05) is 25.9 Å². The maximum Gasteiger partial charge on any atom is 0.251 e. The van der Waals surface area contributed by atoms with Gasteiger partial charge < -0.3 is 10.6 Å². The lowest BCUT2D eigenvalue weighted by atomic mass is 10.1. The van der Waals surface area contributed by atoms with Crippen LogP contribution in [0.1, 0.15) is 18.4 Å². The van der Waals surface area contributed by atoms with Gasteiger partial charge in [-0.15, -0.1) is 0 Å². The van der Waals surface area contributed by atoms with Crippen LogP contribution >= 0.6 is 0 Å². The van der Waals surface area contributed by atoms with Crippen LogP contribution in [0.3, 0.4) is 0 Å². The molecule has 17 heavy (non-hydrogen) atoms. The number of aryl methyl sites for hydroxylation is 1. The second-order valence-corrected chi connectivity index (χ2v) is 4.34. The highest BCUT2D eigenvalue weighted by Crippen LogP contribution is 2.31. The van der Waals surface area contributed by atoms with Gasteiger partial charge in [0.2, 0.25) is 0 Å². The highest BCUT2D eigenvalue weighted by molar-refractivity contribution is 5.50. The van der Waals surface area contributed by atoms with Crippen molar-refractivity contribution >= 4 is 11.6 Å². The lowest BCUT2D eigenvalue weighted by molar-refractivity contribution is -0.0222. The molecule has 0 atom stereocenters. The van der Waals surface area contributed by atoms with E-state index in [0.29, 0.717) is 5.56 Å². The third-order valence-electron chi connectivity index (χ3n) is 2.94. The highest BCUT2D eigenvalue weighted by Gasteiger charge is 2.35. The smallest absolute Gasteiger partial charge is 0.251 e. The predicted octanol–water partition coefficient (Wildman–Crippen LogP) is 2.35. The Hall–Kier alpha value is -1.46. The van der Waals surface area contributed by atoms with Crippen LogP contribution < -0.4 is 10.6 Å². The average Bonchev–Trinajstić information content (AvgIpc) is 2.24. The van der Waals surface area contributed by atoms with E-state index in [1.165, 1.54) is 11.0 Å². The maximum absolute atomic E-state index is 13.8. The van der Waals surface area contributed by atoms with Crippen molar-refractivity contribution in [2.24, 2.45) is 0 Å². The van der Waals surface area contributed by atoms with E-state index < -0.39 is 11.7 Å². The standard InChI is InChI=1S/C11H14F3N3/c1-7-6-8(15)16-10(9(7)12)17-4-2-11(13,14)3-5-17/h6H,2-5H2,1H3,(H2,15,16). The summed E-state index contributed by atoms with van der Waals surface area (Å²) in [6.07, 6.45) is -0.552. The lowest BCUT2D eigenvalue weighted by Gasteiger charge is -2.32. The van der Waals surface area contributed by atoms with Gasteiger partial charge in [-0.2, -0.15) is 0 Å². The van der Waals surface area contributed by atoms with Crippen molar-refractivity contribution < 1.29 is 13.2 Å². The topological polar surface area (TPSA) is 42.1 Å². The van der Waals surface area contributed by atoms with Crippen LogP contribution in [0.4, 0.5) is 24.8 Å². The summed E-state index contributed by atoms with van der Waals surface area (Å²) in [5.74, 6) is -2.85. The number of anilines is 2. The zero-order chi connectivity index (χ0) is 12.6. The molecule has 0 amide bonds. The largest absolute Gasteiger partial charge is 0.384 e. The maximum atomic E-state index is 13.8. The number of alkyl halides is 2. The molecule has 0 saturated carbocycles. The molecule has 3 nitrogen and oxygen atoms in total. The highest BCUT2D eigenvalue weighted by atomic mass is 19.3. The molecule has 1 aliphatic heterocycles. The fourth-order valence-electron chi connectivity index (χ4n) is 1.92. The molecule has 1 aliphatic rings. The summed E-state index contributed by atoms with van der Waals surface area (Å²) in [4.78, 5) is 5.41. The Morgan fingerprint density at radius 2 is 1.94 bits per heavy atom. The number of hydrogen-bond acceptors (Lipinski definition) is 3. The van der Waals surface area contributed by atoms with Crippen LogP contribution in [0.25, 0.3) is 0 Å². The lowest BCUT2D eigenvalue weighted by Crippen LogP contribution is -2.40. The number of aromatic nitrogens is 1. The van der Waals surface area contributed by atoms with E-state index in [1.807, 2.05) is 0 Å². The molecule has 94 valence electrons. The Bertz CT molecular complexity index is 424. The predicted molar refractivity (Wildman–Crippen MR) is 59.7 cm³/mol. The van der Waals surface area contributed by atoms with Gasteiger partial charge in [-0.05, 0) is 18.6 Å². The Labute approximate surface area is 97.4 Å². The van der Waals surface area contributed by atoms with E-state index in [0.717, 1.165) is 0 Å². The van der Waals surface area contributed by atoms with Crippen LogP contribution in [-0.2, 0) is 0 Å². The van der Waals surface area contributed by atoms with Gasteiger partial charge in [-0.1, -0.05) is 0 Å². The van der Waals surface area contributed by atoms with Crippen LogP contribution in [0.15, 0.2) is 6.07 Å². The van der Waals surface area contributed by atoms with Crippen molar-refractivity contribution in [3.05, 3.63) is 17.4 Å². The molecule has 1 fully saturated rings. The fourth-order valence-corrected chi connectivity index (χ4v) is 1.92. The minimum Gasteiger partial charge on any atom is -0.384 e. The second kappa shape index (κ2) is 4.09. The molecule has 2 rings (SSSR count). The molecule has 1 aromatic heterocycles. The van der Waals surface area contributed by atoms with Crippen molar-refractivity contribution in [1.29, 1.82) is 0 Å². The molecule has 0 unspecified atom stereocenters. The Morgan fingerprint density at radius 1 is 1.35 bits per heavy atom. The number of rotatable bonds is 1. The monoisotopic (exact) mass is 245 g/mol. The number of piperidine rings is 1. The number of nitrogen functional groups attached to an aromatic ring is 1. The summed E-state index contributed by atoms with van der Waals surface area (Å²) in [6.45, 7) is 1.77. The number of halogens is 3. The number of nitrogens with zero attached hydrogens (tertiary/aromatic N) is 2. The van der Waals surface area contributed by atoms with Crippen molar-refractivity contribution in [1.82, 2.24) is 4.98 Å². The second-order valence-electron chi connectivity index (χ2n) is 4.34. The summed E-state index contributed by atoms with van der Waals surface area (Å²) in [5.41, 5.74) is 5.92. The molecule has 2 N–H and O–H groups in total.